The van der Waals surface area contributed by atoms with Gasteiger partial charge in [0.1, 0.15) is 5.75 Å². The molecule has 10 heteroatoms. The van der Waals surface area contributed by atoms with Crippen LogP contribution in [0.5, 0.6) is 5.75 Å². The molecule has 1 heterocycles. The molecular weight excluding hydrogens is 388 g/mol. The number of hydrogen-bond donors (Lipinski definition) is 2. The third-order valence-electron chi connectivity index (χ3n) is 3.12. The molecule has 2 rings (SSSR count). The van der Waals surface area contributed by atoms with E-state index in [4.69, 9.17) is 9.47 Å². The normalized spacial score (nSPS) is 10.3. The summed E-state index contributed by atoms with van der Waals surface area (Å²) in [6.45, 7) is 4.89. The average Bonchev–Trinajstić information content (AvgIpc) is 3.09. The van der Waals surface area contributed by atoms with Crippen molar-refractivity contribution in [3.8, 4) is 5.75 Å². The van der Waals surface area contributed by atoms with E-state index in [0.717, 1.165) is 18.6 Å². The van der Waals surface area contributed by atoms with E-state index in [1.165, 1.54) is 23.1 Å². The number of ether oxygens (including phenoxy) is 2. The van der Waals surface area contributed by atoms with E-state index in [9.17, 15) is 9.59 Å². The Kier molecular flexibility index (Phi) is 8.85. The number of benzene rings is 1. The molecule has 0 aliphatic carbocycles. The second-order valence-electron chi connectivity index (χ2n) is 5.28. The van der Waals surface area contributed by atoms with Crippen LogP contribution in [-0.2, 0) is 9.53 Å². The summed E-state index contributed by atoms with van der Waals surface area (Å²) in [4.78, 5) is 23.6. The zero-order valence-electron chi connectivity index (χ0n) is 15.2. The van der Waals surface area contributed by atoms with Crippen LogP contribution in [0.3, 0.4) is 0 Å². The van der Waals surface area contributed by atoms with E-state index >= 15 is 0 Å². The maximum atomic E-state index is 12.0. The Morgan fingerprint density at radius 1 is 1.15 bits per heavy atom. The summed E-state index contributed by atoms with van der Waals surface area (Å²) >= 11 is 2.43. The third-order valence-corrected chi connectivity index (χ3v) is 5.09. The second kappa shape index (κ2) is 11.4. The molecule has 0 saturated carbocycles. The number of anilines is 2. The highest BCUT2D eigenvalue weighted by atomic mass is 32.2. The molecule has 0 radical (unpaired) electrons. The van der Waals surface area contributed by atoms with Gasteiger partial charge in [0.15, 0.2) is 4.34 Å². The van der Waals surface area contributed by atoms with Crippen LogP contribution in [0, 0.1) is 0 Å². The van der Waals surface area contributed by atoms with Crippen molar-refractivity contribution >= 4 is 45.9 Å². The molecule has 2 N–H and O–H groups in total. The monoisotopic (exact) mass is 410 g/mol. The molecule has 2 aromatic rings. The Balaban J connectivity index is 1.73. The number of carbonyl (C=O) groups is 2. The molecule has 1 aromatic carbocycles. The number of nitrogens with zero attached hydrogens (tertiary/aromatic N) is 2. The number of nitrogens with one attached hydrogen (secondary N) is 2. The number of aromatic nitrogens is 2. The minimum Gasteiger partial charge on any atom is -0.494 e. The Bertz CT molecular complexity index is 737. The van der Waals surface area contributed by atoms with Crippen molar-refractivity contribution in [2.24, 2.45) is 0 Å². The zero-order chi connectivity index (χ0) is 19.5. The van der Waals surface area contributed by atoms with Crippen LogP contribution in [0.2, 0.25) is 0 Å². The molecule has 146 valence electrons. The highest BCUT2D eigenvalue weighted by molar-refractivity contribution is 8.01. The predicted molar refractivity (Wildman–Crippen MR) is 107 cm³/mol. The van der Waals surface area contributed by atoms with Gasteiger partial charge in [-0.15, -0.1) is 10.2 Å². The molecule has 0 spiro atoms. The Labute approximate surface area is 166 Å². The van der Waals surface area contributed by atoms with Crippen molar-refractivity contribution in [3.05, 3.63) is 24.3 Å². The number of unbranched alkanes of at least 4 members (excludes halogenated alkanes) is 1. The van der Waals surface area contributed by atoms with Crippen LogP contribution >= 0.6 is 23.1 Å². The number of hydrogen-bond acceptors (Lipinski definition) is 8. The number of amides is 2. The van der Waals surface area contributed by atoms with Crippen LogP contribution in [0.4, 0.5) is 15.6 Å². The van der Waals surface area contributed by atoms with Gasteiger partial charge >= 0.3 is 6.09 Å². The lowest BCUT2D eigenvalue weighted by Gasteiger charge is -2.06. The SMILES string of the molecule is CCCCOC(=O)Nc1nnc(SCC(=O)Nc2ccc(OCC)cc2)s1. The van der Waals surface area contributed by atoms with Crippen molar-refractivity contribution in [2.45, 2.75) is 31.0 Å². The quantitative estimate of drug-likeness (QED) is 0.346. The van der Waals surface area contributed by atoms with Crippen LogP contribution in [0.1, 0.15) is 26.7 Å². The lowest BCUT2D eigenvalue weighted by atomic mass is 10.3. The first-order valence-corrected chi connectivity index (χ1v) is 10.3. The fourth-order valence-corrected chi connectivity index (χ4v) is 3.41. The standard InChI is InChI=1S/C17H22N4O4S2/c1-3-5-10-25-16(23)19-15-20-21-17(27-15)26-11-14(22)18-12-6-8-13(9-7-12)24-4-2/h6-9H,3-5,10-11H2,1-2H3,(H,18,22)(H,19,20,23). The first-order valence-electron chi connectivity index (χ1n) is 8.53. The largest absolute Gasteiger partial charge is 0.494 e. The number of rotatable bonds is 10. The smallest absolute Gasteiger partial charge is 0.413 e. The van der Waals surface area contributed by atoms with Gasteiger partial charge in [0.25, 0.3) is 0 Å². The van der Waals surface area contributed by atoms with Crippen LogP contribution in [-0.4, -0.2) is 41.2 Å². The van der Waals surface area contributed by atoms with Crippen LogP contribution in [0.15, 0.2) is 28.6 Å². The van der Waals surface area contributed by atoms with Gasteiger partial charge in [-0.25, -0.2) is 4.79 Å². The summed E-state index contributed by atoms with van der Waals surface area (Å²) < 4.78 is 10.9. The van der Waals surface area contributed by atoms with Gasteiger partial charge in [-0.3, -0.25) is 10.1 Å². The molecule has 0 unspecified atom stereocenters. The summed E-state index contributed by atoms with van der Waals surface area (Å²) in [7, 11) is 0. The lowest BCUT2D eigenvalue weighted by Crippen LogP contribution is -2.14. The fraction of sp³-hybridized carbons (Fsp3) is 0.412. The fourth-order valence-electron chi connectivity index (χ4n) is 1.88. The van der Waals surface area contributed by atoms with Gasteiger partial charge in [-0.1, -0.05) is 36.4 Å². The number of thioether (sulfide) groups is 1. The minimum atomic E-state index is -0.551. The summed E-state index contributed by atoms with van der Waals surface area (Å²) in [5.41, 5.74) is 0.693. The van der Waals surface area contributed by atoms with Gasteiger partial charge < -0.3 is 14.8 Å². The Hall–Kier alpha value is -2.33. The van der Waals surface area contributed by atoms with Gasteiger partial charge in [0.2, 0.25) is 11.0 Å². The summed E-state index contributed by atoms with van der Waals surface area (Å²) in [5.74, 6) is 0.780. The van der Waals surface area contributed by atoms with E-state index in [0.29, 0.717) is 28.4 Å². The summed E-state index contributed by atoms with van der Waals surface area (Å²) in [5, 5.41) is 13.5. The molecule has 0 atom stereocenters. The van der Waals surface area contributed by atoms with Crippen LogP contribution in [0.25, 0.3) is 0 Å². The van der Waals surface area contributed by atoms with Crippen molar-refractivity contribution in [1.29, 1.82) is 0 Å². The highest BCUT2D eigenvalue weighted by Crippen LogP contribution is 2.25. The van der Waals surface area contributed by atoms with E-state index < -0.39 is 6.09 Å². The first-order chi connectivity index (χ1) is 13.1. The molecule has 8 nitrogen and oxygen atoms in total. The molecule has 0 saturated heterocycles. The van der Waals surface area contributed by atoms with Gasteiger partial charge in [0, 0.05) is 5.69 Å². The molecule has 0 fully saturated rings. The average molecular weight is 411 g/mol. The molecule has 2 amide bonds. The predicted octanol–water partition coefficient (Wildman–Crippen LogP) is 4.02. The molecule has 1 aromatic heterocycles. The highest BCUT2D eigenvalue weighted by Gasteiger charge is 2.11. The summed E-state index contributed by atoms with van der Waals surface area (Å²) in [6, 6.07) is 7.17. The van der Waals surface area contributed by atoms with Crippen LogP contribution < -0.4 is 15.4 Å². The maximum absolute atomic E-state index is 12.0. The van der Waals surface area contributed by atoms with E-state index in [1.54, 1.807) is 24.3 Å². The summed E-state index contributed by atoms with van der Waals surface area (Å²) in [6.07, 6.45) is 1.21. The zero-order valence-corrected chi connectivity index (χ0v) is 16.8. The first kappa shape index (κ1) is 21.0. The molecule has 0 aliphatic heterocycles. The van der Waals surface area contributed by atoms with E-state index in [1.807, 2.05) is 13.8 Å². The van der Waals surface area contributed by atoms with Crippen molar-refractivity contribution in [2.75, 3.05) is 29.6 Å². The van der Waals surface area contributed by atoms with Crippen molar-refractivity contribution in [1.82, 2.24) is 10.2 Å². The Morgan fingerprint density at radius 2 is 1.93 bits per heavy atom. The maximum Gasteiger partial charge on any atom is 0.413 e. The number of carbonyl (C=O) groups excluding carboxylic acids is 2. The molecule has 27 heavy (non-hydrogen) atoms. The topological polar surface area (TPSA) is 102 Å². The second-order valence-corrected chi connectivity index (χ2v) is 7.48. The van der Waals surface area contributed by atoms with Gasteiger partial charge in [-0.2, -0.15) is 0 Å². The van der Waals surface area contributed by atoms with Crippen molar-refractivity contribution in [3.63, 3.8) is 0 Å². The minimum absolute atomic E-state index is 0.159. The van der Waals surface area contributed by atoms with Gasteiger partial charge in [-0.05, 0) is 37.6 Å². The van der Waals surface area contributed by atoms with Gasteiger partial charge in [0.05, 0.1) is 19.0 Å². The van der Waals surface area contributed by atoms with Crippen molar-refractivity contribution < 1.29 is 19.1 Å². The lowest BCUT2D eigenvalue weighted by molar-refractivity contribution is -0.113. The third kappa shape index (κ3) is 7.83. The van der Waals surface area contributed by atoms with E-state index in [2.05, 4.69) is 20.8 Å². The molecular formula is C17H22N4O4S2. The Morgan fingerprint density at radius 3 is 2.63 bits per heavy atom. The molecule has 0 aliphatic rings. The van der Waals surface area contributed by atoms with E-state index in [-0.39, 0.29) is 11.7 Å². The molecule has 0 bridgehead atoms.